The Morgan fingerprint density at radius 3 is 2.34 bits per heavy atom. The Labute approximate surface area is 212 Å². The molecule has 0 N–H and O–H groups in total. The highest BCUT2D eigenvalue weighted by Gasteiger charge is 2.37. The minimum atomic E-state index is -0.737. The zero-order valence-electron chi connectivity index (χ0n) is 19.2. The van der Waals surface area contributed by atoms with Crippen LogP contribution >= 0.6 is 23.2 Å². The van der Waals surface area contributed by atoms with E-state index >= 15 is 0 Å². The minimum Gasteiger partial charge on any atom is -0.384 e. The van der Waals surface area contributed by atoms with Crippen molar-refractivity contribution in [2.75, 3.05) is 4.90 Å². The van der Waals surface area contributed by atoms with Gasteiger partial charge in [0.05, 0.1) is 11.3 Å². The number of hydrogen-bond donors (Lipinski definition) is 0. The van der Waals surface area contributed by atoms with Gasteiger partial charge >= 0.3 is 0 Å². The van der Waals surface area contributed by atoms with Crippen LogP contribution in [0.3, 0.4) is 0 Å². The lowest BCUT2D eigenvalue weighted by molar-refractivity contribution is -0.116. The number of benzene rings is 2. The Hall–Kier alpha value is -3.73. The van der Waals surface area contributed by atoms with Gasteiger partial charge in [0, 0.05) is 46.9 Å². The van der Waals surface area contributed by atoms with Gasteiger partial charge < -0.3 is 4.84 Å². The van der Waals surface area contributed by atoms with E-state index in [9.17, 15) is 9.59 Å². The quantitative estimate of drug-likeness (QED) is 0.447. The van der Waals surface area contributed by atoms with Gasteiger partial charge in [0.25, 0.3) is 5.91 Å². The van der Waals surface area contributed by atoms with Crippen LogP contribution in [0.5, 0.6) is 0 Å². The van der Waals surface area contributed by atoms with Gasteiger partial charge in [-0.1, -0.05) is 40.3 Å². The van der Waals surface area contributed by atoms with E-state index in [0.717, 1.165) is 16.0 Å². The molecular weight excluding hydrogens is 487 g/mol. The predicted octanol–water partition coefficient (Wildman–Crippen LogP) is 5.31. The second kappa shape index (κ2) is 9.49. The number of oxime groups is 1. The van der Waals surface area contributed by atoms with Crippen LogP contribution < -0.4 is 4.90 Å². The van der Waals surface area contributed by atoms with Crippen LogP contribution in [0.25, 0.3) is 0 Å². The summed E-state index contributed by atoms with van der Waals surface area (Å²) in [6.07, 6.45) is 8.56. The van der Waals surface area contributed by atoms with Crippen LogP contribution in [0, 0.1) is 19.3 Å². The maximum Gasteiger partial charge on any atom is 0.267 e. The molecule has 1 atom stereocenters. The largest absolute Gasteiger partial charge is 0.384 e. The molecule has 2 aromatic carbocycles. The van der Waals surface area contributed by atoms with Crippen molar-refractivity contribution >= 4 is 46.7 Å². The van der Waals surface area contributed by atoms with Crippen molar-refractivity contribution in [3.05, 3.63) is 86.7 Å². The normalized spacial score (nSPS) is 16.7. The first-order chi connectivity index (χ1) is 16.6. The Balaban J connectivity index is 1.59. The number of aromatic nitrogens is 2. The van der Waals surface area contributed by atoms with E-state index < -0.39 is 17.4 Å². The summed E-state index contributed by atoms with van der Waals surface area (Å²) >= 11 is 12.3. The molecule has 0 aliphatic carbocycles. The number of carbonyl (C=O) groups excluding carboxylic acids is 2. The Morgan fingerprint density at radius 1 is 1.11 bits per heavy atom. The molecular formula is C26H20Cl2N4O3. The van der Waals surface area contributed by atoms with Crippen molar-refractivity contribution in [3.63, 3.8) is 0 Å². The van der Waals surface area contributed by atoms with Crippen LogP contribution in [0.1, 0.15) is 52.9 Å². The summed E-state index contributed by atoms with van der Waals surface area (Å²) in [5.41, 5.74) is 3.00. The lowest BCUT2D eigenvalue weighted by Crippen LogP contribution is -2.37. The van der Waals surface area contributed by atoms with Gasteiger partial charge in [-0.2, -0.15) is 0 Å². The second-order valence-electron chi connectivity index (χ2n) is 8.30. The van der Waals surface area contributed by atoms with E-state index in [1.54, 1.807) is 37.3 Å². The summed E-state index contributed by atoms with van der Waals surface area (Å²) in [4.78, 5) is 40.4. The van der Waals surface area contributed by atoms with Crippen molar-refractivity contribution in [1.29, 1.82) is 0 Å². The lowest BCUT2D eigenvalue weighted by atomic mass is 9.88. The molecule has 0 fully saturated rings. The summed E-state index contributed by atoms with van der Waals surface area (Å²) in [6, 6.07) is 10.5. The van der Waals surface area contributed by atoms with Gasteiger partial charge in [-0.3, -0.25) is 9.59 Å². The summed E-state index contributed by atoms with van der Waals surface area (Å²) < 4.78 is 0. The number of anilines is 1. The van der Waals surface area contributed by atoms with Crippen molar-refractivity contribution in [1.82, 2.24) is 9.97 Å². The van der Waals surface area contributed by atoms with Gasteiger partial charge in [0.15, 0.2) is 5.60 Å². The van der Waals surface area contributed by atoms with Crippen molar-refractivity contribution in [3.8, 4) is 12.3 Å². The number of hydrogen-bond acceptors (Lipinski definition) is 6. The van der Waals surface area contributed by atoms with E-state index in [4.69, 9.17) is 34.5 Å². The van der Waals surface area contributed by atoms with Crippen molar-refractivity contribution in [2.45, 2.75) is 32.8 Å². The summed E-state index contributed by atoms with van der Waals surface area (Å²) in [5, 5.41) is 5.31. The molecule has 35 heavy (non-hydrogen) atoms. The summed E-state index contributed by atoms with van der Waals surface area (Å²) in [5.74, 6) is 1.29. The standard InChI is InChI=1S/C26H20Cl2N4O3/c1-5-17-13-29-25(30-14-17)32(16(3)33)24(34)22-7-6-18(8-15(22)2)23-12-26(4,35-31-23)19-9-20(27)11-21(28)10-19/h1,6-11,13-14H,12H2,2-4H3. The number of amides is 2. The zero-order valence-corrected chi connectivity index (χ0v) is 20.7. The number of carbonyl (C=O) groups is 2. The smallest absolute Gasteiger partial charge is 0.267 e. The fraction of sp³-hybridized carbons (Fsp3) is 0.192. The maximum absolute atomic E-state index is 13.3. The third-order valence-corrected chi connectivity index (χ3v) is 6.08. The van der Waals surface area contributed by atoms with E-state index in [1.165, 1.54) is 19.3 Å². The van der Waals surface area contributed by atoms with Crippen LogP contribution in [0.4, 0.5) is 5.95 Å². The maximum atomic E-state index is 13.3. The second-order valence-corrected chi connectivity index (χ2v) is 9.17. The number of nitrogens with zero attached hydrogens (tertiary/aromatic N) is 4. The Bertz CT molecular complexity index is 1390. The molecule has 0 radical (unpaired) electrons. The minimum absolute atomic E-state index is 0.0468. The van der Waals surface area contributed by atoms with E-state index in [0.29, 0.717) is 38.9 Å². The molecule has 0 bridgehead atoms. The van der Waals surface area contributed by atoms with Gasteiger partial charge in [0.2, 0.25) is 11.9 Å². The van der Waals surface area contributed by atoms with Gasteiger partial charge in [-0.25, -0.2) is 14.9 Å². The van der Waals surface area contributed by atoms with Crippen molar-refractivity contribution < 1.29 is 14.4 Å². The van der Waals surface area contributed by atoms with Crippen LogP contribution in [-0.4, -0.2) is 27.5 Å². The average Bonchev–Trinajstić information content (AvgIpc) is 3.22. The molecule has 3 aromatic rings. The number of imide groups is 1. The van der Waals surface area contributed by atoms with Crippen molar-refractivity contribution in [2.24, 2.45) is 5.16 Å². The molecule has 9 heteroatoms. The van der Waals surface area contributed by atoms with Crippen LogP contribution in [0.15, 0.2) is 53.9 Å². The average molecular weight is 507 g/mol. The highest BCUT2D eigenvalue weighted by molar-refractivity contribution is 6.34. The first-order valence-electron chi connectivity index (χ1n) is 10.6. The molecule has 1 aromatic heterocycles. The monoisotopic (exact) mass is 506 g/mol. The molecule has 4 rings (SSSR count). The molecule has 1 aliphatic rings. The van der Waals surface area contributed by atoms with E-state index in [-0.39, 0.29) is 5.95 Å². The first-order valence-corrected chi connectivity index (χ1v) is 11.3. The molecule has 2 amide bonds. The van der Waals surface area contributed by atoms with Crippen LogP contribution in [0.2, 0.25) is 10.0 Å². The lowest BCUT2D eigenvalue weighted by Gasteiger charge is -2.22. The fourth-order valence-electron chi connectivity index (χ4n) is 3.80. The number of halogens is 2. The van der Waals surface area contributed by atoms with Gasteiger partial charge in [-0.05, 0) is 55.3 Å². The molecule has 1 aliphatic heterocycles. The summed E-state index contributed by atoms with van der Waals surface area (Å²) in [7, 11) is 0. The Morgan fingerprint density at radius 2 is 1.77 bits per heavy atom. The Kier molecular flexibility index (Phi) is 6.62. The fourth-order valence-corrected chi connectivity index (χ4v) is 4.32. The van der Waals surface area contributed by atoms with E-state index in [2.05, 4.69) is 21.0 Å². The summed E-state index contributed by atoms with van der Waals surface area (Å²) in [6.45, 7) is 4.96. The predicted molar refractivity (Wildman–Crippen MR) is 135 cm³/mol. The molecule has 0 spiro atoms. The molecule has 0 saturated heterocycles. The van der Waals surface area contributed by atoms with Gasteiger partial charge in [-0.15, -0.1) is 6.42 Å². The number of rotatable bonds is 4. The third kappa shape index (κ3) is 4.90. The SMILES string of the molecule is C#Cc1cnc(N(C(C)=O)C(=O)c2ccc(C3=NOC(C)(c4cc(Cl)cc(Cl)c4)C3)cc2C)nc1. The zero-order chi connectivity index (χ0) is 25.3. The van der Waals surface area contributed by atoms with Gasteiger partial charge in [0.1, 0.15) is 0 Å². The first kappa shape index (κ1) is 24.4. The molecule has 176 valence electrons. The molecule has 0 saturated carbocycles. The number of aryl methyl sites for hydroxylation is 1. The number of terminal acetylenes is 1. The van der Waals surface area contributed by atoms with E-state index in [1.807, 2.05) is 13.0 Å². The topological polar surface area (TPSA) is 84.8 Å². The molecule has 1 unspecified atom stereocenters. The highest BCUT2D eigenvalue weighted by atomic mass is 35.5. The molecule has 7 nitrogen and oxygen atoms in total. The van der Waals surface area contributed by atoms with Crippen LogP contribution in [-0.2, 0) is 15.2 Å². The molecule has 2 heterocycles. The third-order valence-electron chi connectivity index (χ3n) is 5.65. The highest BCUT2D eigenvalue weighted by Crippen LogP contribution is 2.38.